The Balaban J connectivity index is 1.60. The number of piperidine rings is 1. The molecule has 0 amide bonds. The van der Waals surface area contributed by atoms with Crippen molar-refractivity contribution in [3.8, 4) is 5.75 Å². The maximum Gasteiger partial charge on any atom is 0.306 e. The van der Waals surface area contributed by atoms with E-state index in [1.807, 2.05) is 12.1 Å². The van der Waals surface area contributed by atoms with Crippen LogP contribution in [-0.2, 0) is 11.3 Å². The van der Waals surface area contributed by atoms with Crippen molar-refractivity contribution in [2.24, 2.45) is 17.3 Å². The van der Waals surface area contributed by atoms with Crippen molar-refractivity contribution in [3.05, 3.63) is 40.9 Å². The molecule has 186 valence electrons. The lowest BCUT2D eigenvalue weighted by molar-refractivity contribution is -0.144. The van der Waals surface area contributed by atoms with Gasteiger partial charge in [-0.2, -0.15) is 0 Å². The van der Waals surface area contributed by atoms with E-state index in [1.165, 1.54) is 18.4 Å². The molecule has 1 heterocycles. The van der Waals surface area contributed by atoms with E-state index < -0.39 is 5.97 Å². The molecule has 1 N–H and O–H groups in total. The summed E-state index contributed by atoms with van der Waals surface area (Å²) in [5.41, 5.74) is 1.53. The number of carbonyl (C=O) groups is 1. The molecule has 0 aromatic heterocycles. The number of ether oxygens (including phenoxy) is 1. The van der Waals surface area contributed by atoms with Gasteiger partial charge >= 0.3 is 5.97 Å². The van der Waals surface area contributed by atoms with Crippen LogP contribution < -0.4 is 4.74 Å². The van der Waals surface area contributed by atoms with Gasteiger partial charge in [0.2, 0.25) is 0 Å². The summed E-state index contributed by atoms with van der Waals surface area (Å²) in [4.78, 5) is 14.1. The number of likely N-dealkylation sites (tertiary alicyclic amines) is 1. The van der Waals surface area contributed by atoms with Crippen molar-refractivity contribution in [1.29, 1.82) is 0 Å². The molecular formula is C29H40ClNO3. The lowest BCUT2D eigenvalue weighted by Gasteiger charge is -2.39. The molecule has 2 unspecified atom stereocenters. The number of hydrogen-bond acceptors (Lipinski definition) is 3. The van der Waals surface area contributed by atoms with E-state index in [-0.39, 0.29) is 18.1 Å². The fourth-order valence-electron chi connectivity index (χ4n) is 6.02. The first-order chi connectivity index (χ1) is 16.2. The van der Waals surface area contributed by atoms with Crippen molar-refractivity contribution in [3.63, 3.8) is 0 Å². The van der Waals surface area contributed by atoms with Gasteiger partial charge in [-0.25, -0.2) is 0 Å². The van der Waals surface area contributed by atoms with E-state index >= 15 is 0 Å². The third-order valence-electron chi connectivity index (χ3n) is 8.28. The summed E-state index contributed by atoms with van der Waals surface area (Å²) in [6.07, 6.45) is 7.13. The van der Waals surface area contributed by atoms with Crippen LogP contribution in [0.5, 0.6) is 5.75 Å². The Morgan fingerprint density at radius 2 is 1.79 bits per heavy atom. The second-order valence-corrected chi connectivity index (χ2v) is 11.8. The largest absolute Gasteiger partial charge is 0.490 e. The van der Waals surface area contributed by atoms with Crippen LogP contribution >= 0.6 is 11.6 Å². The van der Waals surface area contributed by atoms with Crippen molar-refractivity contribution in [2.75, 3.05) is 6.54 Å². The van der Waals surface area contributed by atoms with Crippen molar-refractivity contribution >= 4 is 28.3 Å². The van der Waals surface area contributed by atoms with Crippen LogP contribution in [0.1, 0.15) is 78.2 Å². The molecule has 4 nitrogen and oxygen atoms in total. The summed E-state index contributed by atoms with van der Waals surface area (Å²) in [6.45, 7) is 10.7. The Bertz CT molecular complexity index is 1010. The molecule has 34 heavy (non-hydrogen) atoms. The molecule has 2 fully saturated rings. The van der Waals surface area contributed by atoms with Gasteiger partial charge in [0, 0.05) is 23.5 Å². The average Bonchev–Trinajstić information content (AvgIpc) is 2.81. The molecule has 2 aliphatic rings. The fourth-order valence-corrected chi connectivity index (χ4v) is 6.29. The van der Waals surface area contributed by atoms with Gasteiger partial charge in [-0.05, 0) is 74.3 Å². The van der Waals surface area contributed by atoms with Crippen LogP contribution in [-0.4, -0.2) is 34.7 Å². The first-order valence-electron chi connectivity index (χ1n) is 13.0. The molecule has 1 saturated heterocycles. The van der Waals surface area contributed by atoms with Gasteiger partial charge in [0.1, 0.15) is 5.75 Å². The minimum absolute atomic E-state index is 0.217. The zero-order valence-corrected chi connectivity index (χ0v) is 21.9. The van der Waals surface area contributed by atoms with Crippen LogP contribution in [0.25, 0.3) is 10.8 Å². The topological polar surface area (TPSA) is 49.8 Å². The highest BCUT2D eigenvalue weighted by Gasteiger charge is 2.33. The Morgan fingerprint density at radius 3 is 2.41 bits per heavy atom. The maximum absolute atomic E-state index is 11.6. The molecule has 2 aromatic carbocycles. The third-order valence-corrected chi connectivity index (χ3v) is 8.59. The lowest BCUT2D eigenvalue weighted by atomic mass is 9.72. The van der Waals surface area contributed by atoms with Crippen LogP contribution in [0, 0.1) is 17.3 Å². The molecule has 2 aromatic rings. The number of carboxylic acid groups (broad SMARTS) is 1. The predicted octanol–water partition coefficient (Wildman–Crippen LogP) is 7.55. The van der Waals surface area contributed by atoms with Gasteiger partial charge < -0.3 is 9.84 Å². The first-order valence-corrected chi connectivity index (χ1v) is 13.4. The normalized spacial score (nSPS) is 26.5. The van der Waals surface area contributed by atoms with Crippen LogP contribution in [0.4, 0.5) is 0 Å². The second-order valence-electron chi connectivity index (χ2n) is 11.4. The molecule has 2 atom stereocenters. The van der Waals surface area contributed by atoms with Crippen molar-refractivity contribution in [2.45, 2.75) is 91.3 Å². The number of nitrogens with zero attached hydrogens (tertiary/aromatic N) is 1. The quantitative estimate of drug-likeness (QED) is 0.458. The fraction of sp³-hybridized carbons (Fsp3) is 0.621. The summed E-state index contributed by atoms with van der Waals surface area (Å²) in [7, 11) is 0. The van der Waals surface area contributed by atoms with Crippen molar-refractivity contribution < 1.29 is 14.6 Å². The lowest BCUT2D eigenvalue weighted by Crippen LogP contribution is -2.43. The highest BCUT2D eigenvalue weighted by atomic mass is 35.5. The van der Waals surface area contributed by atoms with Crippen LogP contribution in [0.3, 0.4) is 0 Å². The first kappa shape index (κ1) is 25.3. The summed E-state index contributed by atoms with van der Waals surface area (Å²) in [5, 5.41) is 12.5. The minimum Gasteiger partial charge on any atom is -0.490 e. The zero-order chi connectivity index (χ0) is 24.5. The summed E-state index contributed by atoms with van der Waals surface area (Å²) in [5.74, 6) is 0.743. The molecular weight excluding hydrogens is 446 g/mol. The molecule has 0 spiro atoms. The van der Waals surface area contributed by atoms with Gasteiger partial charge in [0.25, 0.3) is 0 Å². The third kappa shape index (κ3) is 5.54. The molecule has 5 heteroatoms. The number of aliphatic carboxylic acids is 1. The predicted molar refractivity (Wildman–Crippen MR) is 140 cm³/mol. The highest BCUT2D eigenvalue weighted by molar-refractivity contribution is 6.35. The number of benzene rings is 2. The molecule has 0 bridgehead atoms. The van der Waals surface area contributed by atoms with Gasteiger partial charge in [-0.3, -0.25) is 9.69 Å². The number of carboxylic acids is 1. The highest BCUT2D eigenvalue weighted by Crippen LogP contribution is 2.41. The average molecular weight is 486 g/mol. The number of rotatable bonds is 6. The van der Waals surface area contributed by atoms with Gasteiger partial charge in [0.15, 0.2) is 0 Å². The second kappa shape index (κ2) is 10.5. The van der Waals surface area contributed by atoms with E-state index in [1.54, 1.807) is 0 Å². The van der Waals surface area contributed by atoms with E-state index in [4.69, 9.17) is 16.3 Å². The van der Waals surface area contributed by atoms with Gasteiger partial charge in [-0.15, -0.1) is 0 Å². The van der Waals surface area contributed by atoms with Gasteiger partial charge in [-0.1, -0.05) is 63.6 Å². The molecule has 0 radical (unpaired) electrons. The van der Waals surface area contributed by atoms with E-state index in [2.05, 4.69) is 50.8 Å². The van der Waals surface area contributed by atoms with E-state index in [0.717, 1.165) is 59.8 Å². The standard InChI is InChI=1S/C29H40ClNO3/c1-5-21-16-19(28(32)33)14-15-31(21)18-25-23-8-6-7-9-24(23)26(30)17-27(25)34-22-12-10-20(11-13-22)29(2,3)4/h6-9,17,19-22H,5,10-16,18H2,1-4H3,(H,32,33). The van der Waals surface area contributed by atoms with Gasteiger partial charge in [0.05, 0.1) is 17.0 Å². The Labute approximate surface area is 209 Å². The van der Waals surface area contributed by atoms with Crippen LogP contribution in [0.2, 0.25) is 5.02 Å². The molecule has 1 aliphatic heterocycles. The molecule has 1 saturated carbocycles. The van der Waals surface area contributed by atoms with E-state index in [0.29, 0.717) is 18.3 Å². The number of fused-ring (bicyclic) bond motifs is 1. The minimum atomic E-state index is -0.662. The Morgan fingerprint density at radius 1 is 1.12 bits per heavy atom. The van der Waals surface area contributed by atoms with E-state index in [9.17, 15) is 9.90 Å². The molecule has 4 rings (SSSR count). The zero-order valence-electron chi connectivity index (χ0n) is 21.1. The SMILES string of the molecule is CCC1CC(C(=O)O)CCN1Cc1c(OC2CCC(C(C)(C)C)CC2)cc(Cl)c2ccccc12. The maximum atomic E-state index is 11.6. The Hall–Kier alpha value is -1.78. The van der Waals surface area contributed by atoms with Crippen molar-refractivity contribution in [1.82, 2.24) is 4.90 Å². The Kier molecular flexibility index (Phi) is 7.79. The monoisotopic (exact) mass is 485 g/mol. The molecule has 1 aliphatic carbocycles. The van der Waals surface area contributed by atoms with Crippen LogP contribution in [0.15, 0.2) is 30.3 Å². The summed E-state index contributed by atoms with van der Waals surface area (Å²) >= 11 is 6.73. The number of halogens is 1. The smallest absolute Gasteiger partial charge is 0.306 e. The number of hydrogen-bond donors (Lipinski definition) is 1. The summed E-state index contributed by atoms with van der Waals surface area (Å²) < 4.78 is 6.70. The summed E-state index contributed by atoms with van der Waals surface area (Å²) in [6, 6.07) is 10.6.